The van der Waals surface area contributed by atoms with E-state index in [0.717, 1.165) is 40.9 Å². The van der Waals surface area contributed by atoms with Crippen molar-refractivity contribution in [2.45, 2.75) is 44.3 Å². The van der Waals surface area contributed by atoms with Gasteiger partial charge in [0.1, 0.15) is 6.17 Å². The highest BCUT2D eigenvalue weighted by molar-refractivity contribution is 6.24. The molecular weight excluding hydrogens is 899 g/mol. The summed E-state index contributed by atoms with van der Waals surface area (Å²) in [5.74, 6) is 0.115. The Hall–Kier alpha value is -8.93. The van der Waals surface area contributed by atoms with Crippen LogP contribution in [0.4, 0.5) is 11.4 Å². The fraction of sp³-hybridized carbons (Fsp3) is 0.116. The molecule has 0 amide bonds. The third-order valence-electron chi connectivity index (χ3n) is 17.1. The number of nitrogens with one attached hydrogen (secondary N) is 1. The number of aromatic nitrogens is 2. The van der Waals surface area contributed by atoms with Gasteiger partial charge in [-0.2, -0.15) is 0 Å². The summed E-state index contributed by atoms with van der Waals surface area (Å²) in [6.07, 6.45) is 11.5. The lowest BCUT2D eigenvalue weighted by molar-refractivity contribution is 0.660. The molecule has 4 heterocycles. The van der Waals surface area contributed by atoms with Crippen molar-refractivity contribution in [1.29, 1.82) is 0 Å². The van der Waals surface area contributed by atoms with Gasteiger partial charge in [-0.1, -0.05) is 178 Å². The van der Waals surface area contributed by atoms with Gasteiger partial charge in [-0.05, 0) is 118 Å². The van der Waals surface area contributed by atoms with E-state index in [1.807, 2.05) is 0 Å². The molecule has 3 aliphatic carbocycles. The Kier molecular flexibility index (Phi) is 8.75. The Morgan fingerprint density at radius 1 is 0.554 bits per heavy atom. The van der Waals surface area contributed by atoms with E-state index in [9.17, 15) is 0 Å². The van der Waals surface area contributed by atoms with E-state index < -0.39 is 0 Å². The van der Waals surface area contributed by atoms with Crippen molar-refractivity contribution in [3.63, 3.8) is 0 Å². The van der Waals surface area contributed by atoms with Crippen molar-refractivity contribution in [2.75, 3.05) is 10.2 Å². The predicted octanol–water partition coefficient (Wildman–Crippen LogP) is 16.8. The summed E-state index contributed by atoms with van der Waals surface area (Å²) in [6, 6.07) is 74.1. The summed E-state index contributed by atoms with van der Waals surface area (Å²) >= 11 is 0. The van der Waals surface area contributed by atoms with Gasteiger partial charge in [0.05, 0.1) is 33.8 Å². The highest BCUT2D eigenvalue weighted by Crippen LogP contribution is 2.52. The molecule has 11 aromatic rings. The molecule has 0 spiro atoms. The van der Waals surface area contributed by atoms with Gasteiger partial charge in [0.15, 0.2) is 0 Å². The second kappa shape index (κ2) is 15.5. The van der Waals surface area contributed by atoms with E-state index in [1.165, 1.54) is 105 Å². The standard InChI is InChI=1S/C69H51N5/c1-69(2)57-25-10-5-20-49(57)54-39-43(30-34-58(54)69)67-66-48-19-4-3-16-42(48)31-35-59(66)70-68(71-67)44-17-15-18-45(38-44)72-64-36-32-46(73-60-26-11-6-21-50(60)51-22-7-12-27-61(51)73)40-55(64)56-41-47(33-37-65(56)72)74-62-28-13-8-23-52(62)53-24-9-14-29-63(53)74/h3-32,34-36,38-41,55,64,68,70H,33,37H2,1-2H3. The number of fused-ring (bicyclic) bond motifs is 14. The Morgan fingerprint density at radius 2 is 1.19 bits per heavy atom. The highest BCUT2D eigenvalue weighted by atomic mass is 15.2. The Bertz CT molecular complexity index is 4310. The van der Waals surface area contributed by atoms with E-state index in [1.54, 1.807) is 0 Å². The van der Waals surface area contributed by atoms with Crippen LogP contribution in [0.25, 0.3) is 76.9 Å². The van der Waals surface area contributed by atoms with Gasteiger partial charge >= 0.3 is 0 Å². The van der Waals surface area contributed by atoms with E-state index in [-0.39, 0.29) is 23.5 Å². The fourth-order valence-electron chi connectivity index (χ4n) is 13.8. The molecule has 3 atom stereocenters. The molecule has 352 valence electrons. The first-order chi connectivity index (χ1) is 36.5. The van der Waals surface area contributed by atoms with Crippen LogP contribution in [-0.4, -0.2) is 20.9 Å². The second-order valence-electron chi connectivity index (χ2n) is 21.4. The van der Waals surface area contributed by atoms with Gasteiger partial charge in [0.2, 0.25) is 0 Å². The summed E-state index contributed by atoms with van der Waals surface area (Å²) in [5, 5.41) is 11.5. The van der Waals surface area contributed by atoms with E-state index in [4.69, 9.17) is 4.99 Å². The van der Waals surface area contributed by atoms with Crippen LogP contribution >= 0.6 is 0 Å². The molecule has 1 N–H and O–H groups in total. The first-order valence-corrected chi connectivity index (χ1v) is 26.3. The number of allylic oxidation sites excluding steroid dienone is 5. The Labute approximate surface area is 430 Å². The quantitative estimate of drug-likeness (QED) is 0.187. The zero-order valence-corrected chi connectivity index (χ0v) is 41.3. The molecule has 0 bridgehead atoms. The maximum atomic E-state index is 5.77. The number of nitrogens with zero attached hydrogens (tertiary/aromatic N) is 4. The van der Waals surface area contributed by atoms with Crippen LogP contribution in [0.3, 0.4) is 0 Å². The molecule has 2 aromatic heterocycles. The minimum atomic E-state index is -0.306. The molecule has 3 unspecified atom stereocenters. The molecule has 5 heteroatoms. The normalized spacial score (nSPS) is 19.3. The molecule has 9 aromatic carbocycles. The molecule has 5 aliphatic rings. The maximum Gasteiger partial charge on any atom is 0.145 e. The third-order valence-corrected chi connectivity index (χ3v) is 17.1. The van der Waals surface area contributed by atoms with Crippen molar-refractivity contribution in [2.24, 2.45) is 10.9 Å². The van der Waals surface area contributed by atoms with Crippen molar-refractivity contribution in [1.82, 2.24) is 9.13 Å². The predicted molar refractivity (Wildman–Crippen MR) is 309 cm³/mol. The minimum absolute atomic E-state index is 0.0749. The molecule has 0 radical (unpaired) electrons. The lowest BCUT2D eigenvalue weighted by atomic mass is 9.82. The maximum absolute atomic E-state index is 5.77. The van der Waals surface area contributed by atoms with Gasteiger partial charge in [0, 0.05) is 72.5 Å². The van der Waals surface area contributed by atoms with Crippen LogP contribution in [0.2, 0.25) is 0 Å². The number of hydrogen-bond acceptors (Lipinski definition) is 3. The minimum Gasteiger partial charge on any atom is -0.359 e. The van der Waals surface area contributed by atoms with Gasteiger partial charge < -0.3 is 19.4 Å². The smallest absolute Gasteiger partial charge is 0.145 e. The summed E-state index contributed by atoms with van der Waals surface area (Å²) in [6.45, 7) is 4.70. The highest BCUT2D eigenvalue weighted by Gasteiger charge is 2.42. The van der Waals surface area contributed by atoms with Crippen LogP contribution in [0.5, 0.6) is 0 Å². The zero-order chi connectivity index (χ0) is 48.8. The number of benzene rings is 9. The molecule has 2 aliphatic heterocycles. The number of hydrogen-bond donors (Lipinski definition) is 1. The van der Waals surface area contributed by atoms with Gasteiger partial charge in [-0.25, -0.2) is 0 Å². The molecule has 74 heavy (non-hydrogen) atoms. The van der Waals surface area contributed by atoms with Gasteiger partial charge in [0.25, 0.3) is 0 Å². The van der Waals surface area contributed by atoms with Crippen LogP contribution in [0.1, 0.15) is 60.7 Å². The molecule has 0 saturated carbocycles. The largest absolute Gasteiger partial charge is 0.359 e. The first kappa shape index (κ1) is 41.7. The Balaban J connectivity index is 0.850. The molecule has 16 rings (SSSR count). The molecular formula is C69H51N5. The summed E-state index contributed by atoms with van der Waals surface area (Å²) < 4.78 is 5.02. The van der Waals surface area contributed by atoms with Crippen LogP contribution in [0.15, 0.2) is 241 Å². The SMILES string of the molecule is CC1(C)c2ccccc2-c2cc(C3=NC(c4cccc(N5C6=C(C=C(n7c8ccccc8c8ccccc87)CC6)C6C=C(n7c8ccccc8c8ccccc87)C=CC65)c4)Nc4ccc5ccccc5c43)ccc21. The number of anilines is 2. The number of para-hydroxylation sites is 4. The second-order valence-corrected chi connectivity index (χ2v) is 21.4. The van der Waals surface area contributed by atoms with Crippen molar-refractivity contribution in [3.8, 4) is 11.1 Å². The summed E-state index contributed by atoms with van der Waals surface area (Å²) in [5.41, 5.74) is 22.4. The summed E-state index contributed by atoms with van der Waals surface area (Å²) in [7, 11) is 0. The molecule has 0 fully saturated rings. The van der Waals surface area contributed by atoms with E-state index in [0.29, 0.717) is 0 Å². The number of rotatable bonds is 5. The lowest BCUT2D eigenvalue weighted by Crippen LogP contribution is -2.33. The Morgan fingerprint density at radius 3 is 1.92 bits per heavy atom. The lowest BCUT2D eigenvalue weighted by Gasteiger charge is -2.33. The van der Waals surface area contributed by atoms with Crippen LogP contribution < -0.4 is 10.2 Å². The van der Waals surface area contributed by atoms with Crippen molar-refractivity contribution in [3.05, 3.63) is 264 Å². The average Bonchev–Trinajstić information content (AvgIpc) is 4.18. The molecule has 0 saturated heterocycles. The average molecular weight is 950 g/mol. The van der Waals surface area contributed by atoms with Crippen LogP contribution in [-0.2, 0) is 5.41 Å². The topological polar surface area (TPSA) is 37.5 Å². The molecule has 5 nitrogen and oxygen atoms in total. The van der Waals surface area contributed by atoms with Crippen molar-refractivity contribution < 1.29 is 0 Å². The monoisotopic (exact) mass is 949 g/mol. The van der Waals surface area contributed by atoms with Gasteiger partial charge in [-0.15, -0.1) is 0 Å². The zero-order valence-electron chi connectivity index (χ0n) is 41.3. The van der Waals surface area contributed by atoms with E-state index in [2.05, 4.69) is 258 Å². The third kappa shape index (κ3) is 5.89. The fourth-order valence-corrected chi connectivity index (χ4v) is 13.8. The van der Waals surface area contributed by atoms with Crippen LogP contribution in [0, 0.1) is 5.92 Å². The van der Waals surface area contributed by atoms with E-state index >= 15 is 0 Å². The van der Waals surface area contributed by atoms with Gasteiger partial charge in [-0.3, -0.25) is 4.99 Å². The first-order valence-electron chi connectivity index (χ1n) is 26.3. The van der Waals surface area contributed by atoms with Crippen molar-refractivity contribution >= 4 is 82.9 Å². The summed E-state index contributed by atoms with van der Waals surface area (Å²) in [4.78, 5) is 8.43. The number of aliphatic imine (C=N–C) groups is 1.